The molecular formula is C21H22N2O4S2. The zero-order valence-corrected chi connectivity index (χ0v) is 17.6. The van der Waals surface area contributed by atoms with Gasteiger partial charge in [-0.1, -0.05) is 36.4 Å². The Morgan fingerprint density at radius 2 is 1.79 bits per heavy atom. The molecule has 0 radical (unpaired) electrons. The van der Waals surface area contributed by atoms with Gasteiger partial charge in [-0.15, -0.1) is 11.3 Å². The van der Waals surface area contributed by atoms with Crippen molar-refractivity contribution >= 4 is 33.0 Å². The normalized spacial score (nSPS) is 11.2. The largest absolute Gasteiger partial charge is 0.377 e. The van der Waals surface area contributed by atoms with E-state index >= 15 is 0 Å². The number of anilines is 1. The van der Waals surface area contributed by atoms with Crippen molar-refractivity contribution in [3.05, 3.63) is 82.7 Å². The van der Waals surface area contributed by atoms with Gasteiger partial charge in [-0.25, -0.2) is 8.42 Å². The highest BCUT2D eigenvalue weighted by Gasteiger charge is 2.16. The molecule has 0 atom stereocenters. The second-order valence-electron chi connectivity index (χ2n) is 6.25. The third kappa shape index (κ3) is 5.90. The van der Waals surface area contributed by atoms with Crippen molar-refractivity contribution in [2.45, 2.75) is 24.3 Å². The summed E-state index contributed by atoms with van der Waals surface area (Å²) >= 11 is 1.13. The fraction of sp³-hybridized carbons (Fsp3) is 0.190. The highest BCUT2D eigenvalue weighted by molar-refractivity contribution is 7.94. The van der Waals surface area contributed by atoms with E-state index < -0.39 is 10.0 Å². The Bertz CT molecular complexity index is 1050. The van der Waals surface area contributed by atoms with Crippen molar-refractivity contribution in [3.63, 3.8) is 0 Å². The van der Waals surface area contributed by atoms with Crippen LogP contribution in [0.25, 0.3) is 0 Å². The predicted octanol–water partition coefficient (Wildman–Crippen LogP) is 4.02. The van der Waals surface area contributed by atoms with Gasteiger partial charge in [0.25, 0.3) is 15.9 Å². The van der Waals surface area contributed by atoms with Crippen LogP contribution in [0.2, 0.25) is 0 Å². The molecule has 6 nitrogen and oxygen atoms in total. The SMILES string of the molecule is CCOCc1ccc(CNC(=O)c2cccc(NS(=O)(=O)c3cccs3)c2)cc1. The number of thiophene rings is 1. The van der Waals surface area contributed by atoms with Crippen molar-refractivity contribution in [1.82, 2.24) is 5.32 Å². The Hall–Kier alpha value is -2.68. The van der Waals surface area contributed by atoms with Crippen molar-refractivity contribution in [2.75, 3.05) is 11.3 Å². The molecule has 3 aromatic rings. The summed E-state index contributed by atoms with van der Waals surface area (Å²) in [5, 5.41) is 4.55. The summed E-state index contributed by atoms with van der Waals surface area (Å²) in [7, 11) is -3.65. The van der Waals surface area contributed by atoms with E-state index in [1.165, 1.54) is 12.1 Å². The average molecular weight is 431 g/mol. The van der Waals surface area contributed by atoms with Gasteiger partial charge in [0.2, 0.25) is 0 Å². The lowest BCUT2D eigenvalue weighted by atomic mass is 10.1. The number of hydrogen-bond acceptors (Lipinski definition) is 5. The molecule has 29 heavy (non-hydrogen) atoms. The van der Waals surface area contributed by atoms with Gasteiger partial charge in [-0.2, -0.15) is 0 Å². The molecule has 0 aliphatic heterocycles. The zero-order chi connectivity index (χ0) is 20.7. The van der Waals surface area contributed by atoms with Crippen LogP contribution < -0.4 is 10.0 Å². The number of rotatable bonds is 9. The molecule has 0 aliphatic carbocycles. The Morgan fingerprint density at radius 1 is 1.03 bits per heavy atom. The van der Waals surface area contributed by atoms with E-state index in [1.54, 1.807) is 29.6 Å². The third-order valence-electron chi connectivity index (χ3n) is 4.09. The molecule has 0 bridgehead atoms. The maximum absolute atomic E-state index is 12.5. The molecule has 0 saturated heterocycles. The van der Waals surface area contributed by atoms with Gasteiger partial charge >= 0.3 is 0 Å². The number of nitrogens with one attached hydrogen (secondary N) is 2. The van der Waals surface area contributed by atoms with Crippen LogP contribution in [-0.2, 0) is 27.9 Å². The third-order valence-corrected chi connectivity index (χ3v) is 6.86. The summed E-state index contributed by atoms with van der Waals surface area (Å²) in [4.78, 5) is 12.5. The minimum absolute atomic E-state index is 0.222. The van der Waals surface area contributed by atoms with Gasteiger partial charge in [-0.05, 0) is 47.7 Å². The first-order valence-electron chi connectivity index (χ1n) is 9.08. The highest BCUT2D eigenvalue weighted by Crippen LogP contribution is 2.21. The predicted molar refractivity (Wildman–Crippen MR) is 115 cm³/mol. The Labute approximate surface area is 174 Å². The summed E-state index contributed by atoms with van der Waals surface area (Å²) in [6.45, 7) is 3.56. The standard InChI is InChI=1S/C21H22N2O4S2/c1-2-27-15-17-10-8-16(9-11-17)14-22-21(24)18-5-3-6-19(13-18)23-29(25,26)20-7-4-12-28-20/h3-13,23H,2,14-15H2,1H3,(H,22,24). The Morgan fingerprint density at radius 3 is 2.48 bits per heavy atom. The first-order chi connectivity index (χ1) is 14.0. The first-order valence-corrected chi connectivity index (χ1v) is 11.4. The van der Waals surface area contributed by atoms with E-state index in [0.29, 0.717) is 31.0 Å². The summed E-state index contributed by atoms with van der Waals surface area (Å²) < 4.78 is 32.8. The van der Waals surface area contributed by atoms with Crippen molar-refractivity contribution in [2.24, 2.45) is 0 Å². The molecule has 1 heterocycles. The van der Waals surface area contributed by atoms with Crippen LogP contribution in [0.15, 0.2) is 70.3 Å². The smallest absolute Gasteiger partial charge is 0.271 e. The first kappa shape index (κ1) is 21.0. The molecule has 1 amide bonds. The average Bonchev–Trinajstić information content (AvgIpc) is 3.27. The van der Waals surface area contributed by atoms with Crippen LogP contribution in [0, 0.1) is 0 Å². The molecule has 0 fully saturated rings. The fourth-order valence-electron chi connectivity index (χ4n) is 2.60. The van der Waals surface area contributed by atoms with Crippen LogP contribution in [0.1, 0.15) is 28.4 Å². The van der Waals surface area contributed by atoms with E-state index in [0.717, 1.165) is 22.5 Å². The van der Waals surface area contributed by atoms with E-state index in [1.807, 2.05) is 31.2 Å². The van der Waals surface area contributed by atoms with Crippen LogP contribution >= 0.6 is 11.3 Å². The van der Waals surface area contributed by atoms with Crippen molar-refractivity contribution < 1.29 is 17.9 Å². The molecule has 8 heteroatoms. The van der Waals surface area contributed by atoms with Crippen LogP contribution in [0.3, 0.4) is 0 Å². The molecule has 0 spiro atoms. The minimum Gasteiger partial charge on any atom is -0.377 e. The molecule has 0 saturated carbocycles. The molecule has 152 valence electrons. The van der Waals surface area contributed by atoms with Crippen LogP contribution in [0.4, 0.5) is 5.69 Å². The van der Waals surface area contributed by atoms with Gasteiger partial charge in [-0.3, -0.25) is 9.52 Å². The second-order valence-corrected chi connectivity index (χ2v) is 9.11. The fourth-order valence-corrected chi connectivity index (χ4v) is 4.65. The zero-order valence-electron chi connectivity index (χ0n) is 15.9. The lowest BCUT2D eigenvalue weighted by Crippen LogP contribution is -2.23. The number of carbonyl (C=O) groups is 1. The number of benzene rings is 2. The maximum Gasteiger partial charge on any atom is 0.271 e. The monoisotopic (exact) mass is 430 g/mol. The van der Waals surface area contributed by atoms with Crippen molar-refractivity contribution in [3.8, 4) is 0 Å². The van der Waals surface area contributed by atoms with Gasteiger partial charge in [0, 0.05) is 24.4 Å². The van der Waals surface area contributed by atoms with Crippen LogP contribution in [0.5, 0.6) is 0 Å². The van der Waals surface area contributed by atoms with Crippen molar-refractivity contribution in [1.29, 1.82) is 0 Å². The molecule has 1 aromatic heterocycles. The second kappa shape index (κ2) is 9.69. The summed E-state index contributed by atoms with van der Waals surface area (Å²) in [5.74, 6) is -0.277. The molecule has 0 unspecified atom stereocenters. The number of carbonyl (C=O) groups excluding carboxylic acids is 1. The number of hydrogen-bond donors (Lipinski definition) is 2. The Balaban J connectivity index is 1.61. The highest BCUT2D eigenvalue weighted by atomic mass is 32.2. The number of amides is 1. The number of ether oxygens (including phenoxy) is 1. The quantitative estimate of drug-likeness (QED) is 0.537. The summed E-state index contributed by atoms with van der Waals surface area (Å²) in [6, 6.07) is 17.4. The van der Waals surface area contributed by atoms with E-state index in [2.05, 4.69) is 10.0 Å². The van der Waals surface area contributed by atoms with E-state index in [9.17, 15) is 13.2 Å². The molecular weight excluding hydrogens is 408 g/mol. The van der Waals surface area contributed by atoms with E-state index in [4.69, 9.17) is 4.74 Å². The topological polar surface area (TPSA) is 84.5 Å². The van der Waals surface area contributed by atoms with Gasteiger partial charge in [0.15, 0.2) is 0 Å². The van der Waals surface area contributed by atoms with Gasteiger partial charge < -0.3 is 10.1 Å². The lowest BCUT2D eigenvalue weighted by molar-refractivity contribution is 0.0951. The van der Waals surface area contributed by atoms with Gasteiger partial charge in [0.1, 0.15) is 4.21 Å². The van der Waals surface area contributed by atoms with Gasteiger partial charge in [0.05, 0.1) is 6.61 Å². The molecule has 2 N–H and O–H groups in total. The maximum atomic E-state index is 12.5. The summed E-state index contributed by atoms with van der Waals surface area (Å²) in [5.41, 5.74) is 2.76. The molecule has 3 rings (SSSR count). The molecule has 0 aliphatic rings. The van der Waals surface area contributed by atoms with E-state index in [-0.39, 0.29) is 10.1 Å². The minimum atomic E-state index is -3.65. The van der Waals surface area contributed by atoms with Crippen LogP contribution in [-0.4, -0.2) is 20.9 Å². The summed E-state index contributed by atoms with van der Waals surface area (Å²) in [6.07, 6.45) is 0. The lowest BCUT2D eigenvalue weighted by Gasteiger charge is -2.09. The number of sulfonamides is 1. The Kier molecular flexibility index (Phi) is 7.03. The molecule has 2 aromatic carbocycles.